The number of carbonyl (C=O) groups is 1. The zero-order valence-corrected chi connectivity index (χ0v) is 9.43. The normalized spacial score (nSPS) is 15.4. The first-order valence-corrected chi connectivity index (χ1v) is 5.20. The molecule has 0 bridgehead atoms. The third-order valence-electron chi connectivity index (χ3n) is 2.85. The minimum absolute atomic E-state index is 0.346. The molecular weight excluding hydrogens is 206 g/mol. The van der Waals surface area contributed by atoms with Crippen molar-refractivity contribution >= 4 is 11.7 Å². The molecule has 1 aliphatic heterocycles. The maximum absolute atomic E-state index is 11.3. The van der Waals surface area contributed by atoms with E-state index in [0.29, 0.717) is 11.7 Å². The van der Waals surface area contributed by atoms with Gasteiger partial charge in [-0.25, -0.2) is 9.78 Å². The Bertz CT molecular complexity index is 391. The summed E-state index contributed by atoms with van der Waals surface area (Å²) in [5.41, 5.74) is 1.33. The number of ether oxygens (including phenoxy) is 1. The average Bonchev–Trinajstić information content (AvgIpc) is 2.26. The van der Waals surface area contributed by atoms with Gasteiger partial charge in [0.1, 0.15) is 5.69 Å². The predicted molar refractivity (Wildman–Crippen MR) is 60.6 cm³/mol. The zero-order chi connectivity index (χ0) is 11.5. The van der Waals surface area contributed by atoms with E-state index in [1.165, 1.54) is 7.11 Å². The molecule has 1 fully saturated rings. The molecule has 86 valence electrons. The lowest BCUT2D eigenvalue weighted by molar-refractivity contribution is 0.0594. The Balaban J connectivity index is 2.17. The molecule has 16 heavy (non-hydrogen) atoms. The summed E-state index contributed by atoms with van der Waals surface area (Å²) in [6.07, 6.45) is 1.63. The molecule has 0 aliphatic carbocycles. The number of hydrogen-bond donors (Lipinski definition) is 1. The fraction of sp³-hybridized carbons (Fsp3) is 0.455. The van der Waals surface area contributed by atoms with E-state index in [4.69, 9.17) is 0 Å². The maximum Gasteiger partial charge on any atom is 0.356 e. The molecule has 2 rings (SSSR count). The summed E-state index contributed by atoms with van der Waals surface area (Å²) in [5.74, 6) is -0.401. The molecule has 1 aromatic rings. The summed E-state index contributed by atoms with van der Waals surface area (Å²) in [4.78, 5) is 17.4. The molecule has 0 radical (unpaired) electrons. The van der Waals surface area contributed by atoms with Crippen LogP contribution in [0, 0.1) is 0 Å². The molecule has 0 aromatic carbocycles. The van der Waals surface area contributed by atoms with Crippen molar-refractivity contribution in [2.45, 2.75) is 6.04 Å². The van der Waals surface area contributed by atoms with Crippen molar-refractivity contribution in [2.75, 3.05) is 32.1 Å². The van der Waals surface area contributed by atoms with Crippen molar-refractivity contribution in [1.29, 1.82) is 0 Å². The van der Waals surface area contributed by atoms with E-state index in [9.17, 15) is 4.79 Å². The Hall–Kier alpha value is -1.62. The molecule has 0 amide bonds. The minimum atomic E-state index is -0.401. The standard InChI is InChI=1S/C11H15N3O2/c1-14(9-6-12-7-9)8-3-4-13-10(5-8)11(15)16-2/h3-5,9,12H,6-7H2,1-2H3. The molecule has 1 N–H and O–H groups in total. The fourth-order valence-electron chi connectivity index (χ4n) is 1.61. The van der Waals surface area contributed by atoms with Gasteiger partial charge >= 0.3 is 5.97 Å². The third-order valence-corrected chi connectivity index (χ3v) is 2.85. The van der Waals surface area contributed by atoms with Crippen LogP contribution in [0.25, 0.3) is 0 Å². The molecular formula is C11H15N3O2. The van der Waals surface area contributed by atoms with Crippen molar-refractivity contribution in [3.63, 3.8) is 0 Å². The summed E-state index contributed by atoms with van der Waals surface area (Å²) in [5, 5.41) is 3.21. The molecule has 0 spiro atoms. The van der Waals surface area contributed by atoms with Gasteiger partial charge in [0, 0.05) is 32.0 Å². The topological polar surface area (TPSA) is 54.5 Å². The van der Waals surface area contributed by atoms with Crippen LogP contribution in [0.1, 0.15) is 10.5 Å². The number of aromatic nitrogens is 1. The number of anilines is 1. The molecule has 1 aromatic heterocycles. The Morgan fingerprint density at radius 3 is 2.94 bits per heavy atom. The molecule has 1 aliphatic rings. The Morgan fingerprint density at radius 2 is 2.38 bits per heavy atom. The molecule has 0 unspecified atom stereocenters. The van der Waals surface area contributed by atoms with Crippen LogP contribution in [0.15, 0.2) is 18.3 Å². The van der Waals surface area contributed by atoms with Crippen molar-refractivity contribution in [3.05, 3.63) is 24.0 Å². The van der Waals surface area contributed by atoms with Gasteiger partial charge in [0.05, 0.1) is 13.2 Å². The Morgan fingerprint density at radius 1 is 1.62 bits per heavy atom. The van der Waals surface area contributed by atoms with E-state index in [2.05, 4.69) is 19.9 Å². The fourth-order valence-corrected chi connectivity index (χ4v) is 1.61. The first-order valence-electron chi connectivity index (χ1n) is 5.20. The van der Waals surface area contributed by atoms with Gasteiger partial charge in [-0.3, -0.25) is 0 Å². The highest BCUT2D eigenvalue weighted by atomic mass is 16.5. The van der Waals surface area contributed by atoms with Crippen LogP contribution in [0.2, 0.25) is 0 Å². The summed E-state index contributed by atoms with van der Waals surface area (Å²) >= 11 is 0. The first-order chi connectivity index (χ1) is 7.72. The SMILES string of the molecule is COC(=O)c1cc(N(C)C2CNC2)ccn1. The van der Waals surface area contributed by atoms with Gasteiger partial charge < -0.3 is 15.0 Å². The number of nitrogens with zero attached hydrogens (tertiary/aromatic N) is 2. The summed E-state index contributed by atoms with van der Waals surface area (Å²) < 4.78 is 4.64. The van der Waals surface area contributed by atoms with Crippen LogP contribution in [-0.2, 0) is 4.74 Å². The second-order valence-corrected chi connectivity index (χ2v) is 3.81. The Kier molecular flexibility index (Phi) is 3.05. The van der Waals surface area contributed by atoms with Crippen molar-refractivity contribution in [2.24, 2.45) is 0 Å². The average molecular weight is 221 g/mol. The van der Waals surface area contributed by atoms with E-state index in [1.54, 1.807) is 12.3 Å². The lowest BCUT2D eigenvalue weighted by atomic mass is 10.1. The van der Waals surface area contributed by atoms with Gasteiger partial charge in [-0.2, -0.15) is 0 Å². The predicted octanol–water partition coefficient (Wildman–Crippen LogP) is 0.276. The van der Waals surface area contributed by atoms with Crippen LogP contribution in [-0.4, -0.2) is 44.2 Å². The van der Waals surface area contributed by atoms with Crippen molar-refractivity contribution in [3.8, 4) is 0 Å². The summed E-state index contributed by atoms with van der Waals surface area (Å²) in [6.45, 7) is 1.96. The smallest absolute Gasteiger partial charge is 0.356 e. The third kappa shape index (κ3) is 1.99. The summed E-state index contributed by atoms with van der Waals surface area (Å²) in [7, 11) is 3.37. The van der Waals surface area contributed by atoms with Crippen LogP contribution >= 0.6 is 0 Å². The number of nitrogens with one attached hydrogen (secondary N) is 1. The number of rotatable bonds is 3. The van der Waals surface area contributed by atoms with E-state index in [-0.39, 0.29) is 0 Å². The first kappa shape index (κ1) is 10.9. The van der Waals surface area contributed by atoms with E-state index < -0.39 is 5.97 Å². The molecule has 2 heterocycles. The second-order valence-electron chi connectivity index (χ2n) is 3.81. The van der Waals surface area contributed by atoms with Crippen molar-refractivity contribution in [1.82, 2.24) is 10.3 Å². The highest BCUT2D eigenvalue weighted by molar-refractivity contribution is 5.88. The van der Waals surface area contributed by atoms with Gasteiger partial charge in [-0.05, 0) is 12.1 Å². The highest BCUT2D eigenvalue weighted by Gasteiger charge is 2.22. The number of esters is 1. The molecule has 5 nitrogen and oxygen atoms in total. The number of pyridine rings is 1. The largest absolute Gasteiger partial charge is 0.464 e. The second kappa shape index (κ2) is 4.49. The van der Waals surface area contributed by atoms with E-state index in [0.717, 1.165) is 18.8 Å². The monoisotopic (exact) mass is 221 g/mol. The molecule has 1 saturated heterocycles. The lowest BCUT2D eigenvalue weighted by Crippen LogP contribution is -2.56. The highest BCUT2D eigenvalue weighted by Crippen LogP contribution is 2.17. The van der Waals surface area contributed by atoms with Crippen LogP contribution < -0.4 is 10.2 Å². The van der Waals surface area contributed by atoms with Gasteiger partial charge in [-0.1, -0.05) is 0 Å². The van der Waals surface area contributed by atoms with E-state index >= 15 is 0 Å². The zero-order valence-electron chi connectivity index (χ0n) is 9.43. The van der Waals surface area contributed by atoms with Gasteiger partial charge in [0.25, 0.3) is 0 Å². The number of carbonyl (C=O) groups excluding carboxylic acids is 1. The number of hydrogen-bond acceptors (Lipinski definition) is 5. The van der Waals surface area contributed by atoms with Gasteiger partial charge in [0.15, 0.2) is 0 Å². The van der Waals surface area contributed by atoms with Gasteiger partial charge in [0.2, 0.25) is 0 Å². The van der Waals surface area contributed by atoms with E-state index in [1.807, 2.05) is 13.1 Å². The Labute approximate surface area is 94.4 Å². The van der Waals surface area contributed by atoms with Crippen LogP contribution in [0.4, 0.5) is 5.69 Å². The lowest BCUT2D eigenvalue weighted by Gasteiger charge is -2.37. The molecule has 5 heteroatoms. The number of methoxy groups -OCH3 is 1. The van der Waals surface area contributed by atoms with Gasteiger partial charge in [-0.15, -0.1) is 0 Å². The van der Waals surface area contributed by atoms with Crippen LogP contribution in [0.3, 0.4) is 0 Å². The summed E-state index contributed by atoms with van der Waals surface area (Å²) in [6, 6.07) is 4.14. The molecule has 0 atom stereocenters. The maximum atomic E-state index is 11.3. The van der Waals surface area contributed by atoms with Crippen LogP contribution in [0.5, 0.6) is 0 Å². The molecule has 0 saturated carbocycles. The quantitative estimate of drug-likeness (QED) is 0.743. The minimum Gasteiger partial charge on any atom is -0.464 e. The van der Waals surface area contributed by atoms with Crippen molar-refractivity contribution < 1.29 is 9.53 Å². The number of likely N-dealkylation sites (N-methyl/N-ethyl adjacent to an activating group) is 1.